The van der Waals surface area contributed by atoms with Gasteiger partial charge in [-0.3, -0.25) is 4.79 Å². The van der Waals surface area contributed by atoms with Gasteiger partial charge in [-0.25, -0.2) is 4.79 Å². The van der Waals surface area contributed by atoms with E-state index in [4.69, 9.17) is 14.6 Å². The molecule has 1 aromatic rings. The fourth-order valence-electron chi connectivity index (χ4n) is 1.96. The molecule has 0 saturated heterocycles. The average Bonchev–Trinajstić information content (AvgIpc) is 2.46. The molecule has 0 aromatic heterocycles. The van der Waals surface area contributed by atoms with Crippen LogP contribution in [0.4, 0.5) is 0 Å². The van der Waals surface area contributed by atoms with Gasteiger partial charge in [-0.15, -0.1) is 0 Å². The highest BCUT2D eigenvalue weighted by molar-refractivity contribution is 5.77. The summed E-state index contributed by atoms with van der Waals surface area (Å²) in [5, 5.41) is 11.1. The standard InChI is InChI=1S/C15H21NO5/c1-11(12-5-3-4-6-13(12)20-2)9-14(17)16-7-8-21-10-15(18)19/h3-6,11H,7-10H2,1-2H3,(H,16,17)(H,18,19). The van der Waals surface area contributed by atoms with E-state index in [9.17, 15) is 9.59 Å². The van der Waals surface area contributed by atoms with Crippen LogP contribution in [0.15, 0.2) is 24.3 Å². The van der Waals surface area contributed by atoms with Gasteiger partial charge >= 0.3 is 5.97 Å². The normalized spacial score (nSPS) is 11.7. The van der Waals surface area contributed by atoms with Crippen LogP contribution in [-0.2, 0) is 14.3 Å². The topological polar surface area (TPSA) is 84.9 Å². The molecule has 0 aliphatic carbocycles. The SMILES string of the molecule is COc1ccccc1C(C)CC(=O)NCCOCC(=O)O. The number of rotatable bonds is 9. The number of carbonyl (C=O) groups is 2. The molecular formula is C15H21NO5. The van der Waals surface area contributed by atoms with Gasteiger partial charge in [0, 0.05) is 13.0 Å². The van der Waals surface area contributed by atoms with E-state index >= 15 is 0 Å². The van der Waals surface area contributed by atoms with Crippen molar-refractivity contribution in [3.63, 3.8) is 0 Å². The molecule has 0 bridgehead atoms. The highest BCUT2D eigenvalue weighted by atomic mass is 16.5. The Morgan fingerprint density at radius 3 is 2.71 bits per heavy atom. The Kier molecular flexibility index (Phi) is 7.25. The van der Waals surface area contributed by atoms with E-state index in [1.54, 1.807) is 7.11 Å². The maximum Gasteiger partial charge on any atom is 0.329 e. The van der Waals surface area contributed by atoms with E-state index < -0.39 is 5.97 Å². The van der Waals surface area contributed by atoms with Crippen LogP contribution in [0.2, 0.25) is 0 Å². The molecule has 6 heteroatoms. The third kappa shape index (κ3) is 6.27. The first-order chi connectivity index (χ1) is 10.0. The number of carbonyl (C=O) groups excluding carboxylic acids is 1. The van der Waals surface area contributed by atoms with E-state index in [1.807, 2.05) is 31.2 Å². The number of nitrogens with one attached hydrogen (secondary N) is 1. The summed E-state index contributed by atoms with van der Waals surface area (Å²) in [6.07, 6.45) is 0.333. The fraction of sp³-hybridized carbons (Fsp3) is 0.467. The van der Waals surface area contributed by atoms with Crippen LogP contribution in [0.3, 0.4) is 0 Å². The summed E-state index contributed by atoms with van der Waals surface area (Å²) in [6.45, 7) is 2.08. The number of benzene rings is 1. The molecule has 1 amide bonds. The number of ether oxygens (including phenoxy) is 2. The van der Waals surface area contributed by atoms with Crippen molar-refractivity contribution in [2.45, 2.75) is 19.3 Å². The highest BCUT2D eigenvalue weighted by Crippen LogP contribution is 2.28. The summed E-state index contributed by atoms with van der Waals surface area (Å²) in [4.78, 5) is 22.0. The molecule has 1 atom stereocenters. The average molecular weight is 295 g/mol. The first kappa shape index (κ1) is 17.0. The minimum absolute atomic E-state index is 0.0288. The fourth-order valence-corrected chi connectivity index (χ4v) is 1.96. The van der Waals surface area contributed by atoms with Crippen molar-refractivity contribution in [2.75, 3.05) is 26.9 Å². The Morgan fingerprint density at radius 1 is 1.33 bits per heavy atom. The summed E-state index contributed by atoms with van der Waals surface area (Å²) in [6, 6.07) is 7.59. The van der Waals surface area contributed by atoms with Gasteiger partial charge in [-0.2, -0.15) is 0 Å². The molecule has 0 fully saturated rings. The predicted molar refractivity (Wildman–Crippen MR) is 77.5 cm³/mol. The lowest BCUT2D eigenvalue weighted by Crippen LogP contribution is -2.28. The van der Waals surface area contributed by atoms with E-state index in [0.717, 1.165) is 11.3 Å². The third-order valence-corrected chi connectivity index (χ3v) is 2.96. The van der Waals surface area contributed by atoms with Crippen molar-refractivity contribution in [3.05, 3.63) is 29.8 Å². The van der Waals surface area contributed by atoms with E-state index in [0.29, 0.717) is 13.0 Å². The number of methoxy groups -OCH3 is 1. The summed E-state index contributed by atoms with van der Waals surface area (Å²) in [5.41, 5.74) is 0.984. The summed E-state index contributed by atoms with van der Waals surface area (Å²) in [5.74, 6) is -0.331. The zero-order chi connectivity index (χ0) is 15.7. The smallest absolute Gasteiger partial charge is 0.329 e. The van der Waals surface area contributed by atoms with Crippen LogP contribution < -0.4 is 10.1 Å². The molecular weight excluding hydrogens is 274 g/mol. The van der Waals surface area contributed by atoms with E-state index in [2.05, 4.69) is 5.32 Å². The molecule has 21 heavy (non-hydrogen) atoms. The van der Waals surface area contributed by atoms with Gasteiger partial charge in [0.2, 0.25) is 5.91 Å². The van der Waals surface area contributed by atoms with Crippen LogP contribution in [0.25, 0.3) is 0 Å². The van der Waals surface area contributed by atoms with Gasteiger partial charge in [-0.05, 0) is 17.5 Å². The zero-order valence-electron chi connectivity index (χ0n) is 12.3. The first-order valence-corrected chi connectivity index (χ1v) is 6.73. The molecule has 2 N–H and O–H groups in total. The van der Waals surface area contributed by atoms with Crippen molar-refractivity contribution in [1.82, 2.24) is 5.32 Å². The molecule has 0 heterocycles. The van der Waals surface area contributed by atoms with Crippen LogP contribution in [-0.4, -0.2) is 43.9 Å². The minimum Gasteiger partial charge on any atom is -0.496 e. The van der Waals surface area contributed by atoms with Gasteiger partial charge in [0.25, 0.3) is 0 Å². The van der Waals surface area contributed by atoms with Crippen LogP contribution in [0, 0.1) is 0 Å². The molecule has 1 unspecified atom stereocenters. The van der Waals surface area contributed by atoms with Gasteiger partial charge in [0.1, 0.15) is 12.4 Å². The second kappa shape index (κ2) is 8.97. The zero-order valence-corrected chi connectivity index (χ0v) is 12.3. The van der Waals surface area contributed by atoms with Gasteiger partial charge in [0.05, 0.1) is 13.7 Å². The van der Waals surface area contributed by atoms with Crippen molar-refractivity contribution in [2.24, 2.45) is 0 Å². The second-order valence-corrected chi connectivity index (χ2v) is 4.64. The summed E-state index contributed by atoms with van der Waals surface area (Å²) >= 11 is 0. The van der Waals surface area contributed by atoms with Gasteiger partial charge < -0.3 is 19.9 Å². The number of amides is 1. The lowest BCUT2D eigenvalue weighted by atomic mass is 9.96. The monoisotopic (exact) mass is 295 g/mol. The summed E-state index contributed by atoms with van der Waals surface area (Å²) < 4.78 is 10.1. The second-order valence-electron chi connectivity index (χ2n) is 4.64. The molecule has 0 aliphatic heterocycles. The molecule has 1 aromatic carbocycles. The van der Waals surface area contributed by atoms with E-state index in [1.165, 1.54) is 0 Å². The Morgan fingerprint density at radius 2 is 2.05 bits per heavy atom. The molecule has 116 valence electrons. The van der Waals surface area contributed by atoms with Gasteiger partial charge in [-0.1, -0.05) is 25.1 Å². The first-order valence-electron chi connectivity index (χ1n) is 6.73. The lowest BCUT2D eigenvalue weighted by molar-refractivity contribution is -0.142. The molecule has 6 nitrogen and oxygen atoms in total. The van der Waals surface area contributed by atoms with Crippen LogP contribution >= 0.6 is 0 Å². The maximum atomic E-state index is 11.8. The molecule has 0 spiro atoms. The Labute approximate surface area is 124 Å². The number of aliphatic carboxylic acids is 1. The quantitative estimate of drug-likeness (QED) is 0.673. The lowest BCUT2D eigenvalue weighted by Gasteiger charge is -2.15. The predicted octanol–water partition coefficient (Wildman–Crippen LogP) is 1.41. The molecule has 0 radical (unpaired) electrons. The highest BCUT2D eigenvalue weighted by Gasteiger charge is 2.14. The Bertz CT molecular complexity index is 475. The van der Waals surface area contributed by atoms with Gasteiger partial charge in [0.15, 0.2) is 0 Å². The van der Waals surface area contributed by atoms with Crippen LogP contribution in [0.5, 0.6) is 5.75 Å². The van der Waals surface area contributed by atoms with Crippen LogP contribution in [0.1, 0.15) is 24.8 Å². The van der Waals surface area contributed by atoms with E-state index in [-0.39, 0.29) is 25.0 Å². The maximum absolute atomic E-state index is 11.8. The molecule has 0 saturated carbocycles. The number of carboxylic acids is 1. The van der Waals surface area contributed by atoms with Crippen molar-refractivity contribution >= 4 is 11.9 Å². The molecule has 0 aliphatic rings. The molecule has 1 rings (SSSR count). The number of para-hydroxylation sites is 1. The number of hydrogen-bond acceptors (Lipinski definition) is 4. The minimum atomic E-state index is -1.02. The Hall–Kier alpha value is -2.08. The largest absolute Gasteiger partial charge is 0.496 e. The number of hydrogen-bond donors (Lipinski definition) is 2. The number of carboxylic acid groups (broad SMARTS) is 1. The van der Waals surface area contributed by atoms with Crippen molar-refractivity contribution < 1.29 is 24.2 Å². The third-order valence-electron chi connectivity index (χ3n) is 2.96. The summed E-state index contributed by atoms with van der Waals surface area (Å²) in [7, 11) is 1.60. The van der Waals surface area contributed by atoms with Crippen molar-refractivity contribution in [3.8, 4) is 5.75 Å². The Balaban J connectivity index is 2.35. The van der Waals surface area contributed by atoms with Crippen molar-refractivity contribution in [1.29, 1.82) is 0 Å².